The first-order valence-corrected chi connectivity index (χ1v) is 8.39. The Hall–Kier alpha value is -1.75. The molecule has 1 aliphatic rings. The molecule has 0 aromatic carbocycles. The lowest BCUT2D eigenvalue weighted by molar-refractivity contribution is -0.126. The normalized spacial score (nSPS) is 15.8. The van der Waals surface area contributed by atoms with E-state index in [2.05, 4.69) is 20.7 Å². The largest absolute Gasteiger partial charge is 0.350 e. The third-order valence-electron chi connectivity index (χ3n) is 3.97. The van der Waals surface area contributed by atoms with E-state index in [-0.39, 0.29) is 11.8 Å². The zero-order chi connectivity index (χ0) is 14.5. The van der Waals surface area contributed by atoms with Crippen LogP contribution >= 0.6 is 11.3 Å². The quantitative estimate of drug-likeness (QED) is 0.941. The number of thiophene rings is 1. The third-order valence-corrected chi connectivity index (χ3v) is 4.66. The van der Waals surface area contributed by atoms with Crippen LogP contribution in [-0.4, -0.2) is 15.9 Å². The van der Waals surface area contributed by atoms with Gasteiger partial charge < -0.3 is 5.32 Å². The van der Waals surface area contributed by atoms with Gasteiger partial charge in [0, 0.05) is 29.3 Å². The molecule has 1 aliphatic carbocycles. The van der Waals surface area contributed by atoms with Gasteiger partial charge in [0.05, 0.1) is 17.9 Å². The SMILES string of the molecule is O=C(NCc1nccnc1-c1ccsc1)C1CCCCC1. The average molecular weight is 301 g/mol. The molecule has 110 valence electrons. The standard InChI is InChI=1S/C16H19N3OS/c20-16(12-4-2-1-3-5-12)19-10-14-15(18-8-7-17-14)13-6-9-21-11-13/h6-9,11-12H,1-5,10H2,(H,19,20). The van der Waals surface area contributed by atoms with Crippen LogP contribution in [0.4, 0.5) is 0 Å². The number of hydrogen-bond donors (Lipinski definition) is 1. The molecule has 1 fully saturated rings. The van der Waals surface area contributed by atoms with Crippen LogP contribution in [0.1, 0.15) is 37.8 Å². The van der Waals surface area contributed by atoms with Crippen LogP contribution in [0.3, 0.4) is 0 Å². The molecule has 0 radical (unpaired) electrons. The van der Waals surface area contributed by atoms with Crippen molar-refractivity contribution < 1.29 is 4.79 Å². The van der Waals surface area contributed by atoms with Gasteiger partial charge in [-0.15, -0.1) is 0 Å². The van der Waals surface area contributed by atoms with Crippen LogP contribution < -0.4 is 5.32 Å². The molecule has 0 unspecified atom stereocenters. The Labute approximate surface area is 128 Å². The van der Waals surface area contributed by atoms with Crippen LogP contribution in [0.2, 0.25) is 0 Å². The molecule has 3 rings (SSSR count). The number of carbonyl (C=O) groups is 1. The molecule has 0 saturated heterocycles. The molecule has 0 bridgehead atoms. The highest BCUT2D eigenvalue weighted by molar-refractivity contribution is 7.08. The number of nitrogens with one attached hydrogen (secondary N) is 1. The van der Waals surface area contributed by atoms with E-state index in [0.29, 0.717) is 6.54 Å². The molecule has 2 aromatic rings. The van der Waals surface area contributed by atoms with Gasteiger partial charge in [0.25, 0.3) is 0 Å². The van der Waals surface area contributed by atoms with Gasteiger partial charge in [-0.05, 0) is 24.3 Å². The number of rotatable bonds is 4. The van der Waals surface area contributed by atoms with E-state index >= 15 is 0 Å². The van der Waals surface area contributed by atoms with Gasteiger partial charge >= 0.3 is 0 Å². The second-order valence-electron chi connectivity index (χ2n) is 5.42. The van der Waals surface area contributed by atoms with Crippen molar-refractivity contribution in [3.05, 3.63) is 34.9 Å². The number of nitrogens with zero attached hydrogens (tertiary/aromatic N) is 2. The molecule has 1 amide bonds. The summed E-state index contributed by atoms with van der Waals surface area (Å²) in [4.78, 5) is 21.0. The zero-order valence-corrected chi connectivity index (χ0v) is 12.7. The van der Waals surface area contributed by atoms with Gasteiger partial charge in [-0.2, -0.15) is 11.3 Å². The summed E-state index contributed by atoms with van der Waals surface area (Å²) in [7, 11) is 0. The fourth-order valence-corrected chi connectivity index (χ4v) is 3.46. The summed E-state index contributed by atoms with van der Waals surface area (Å²) in [5, 5.41) is 7.11. The minimum atomic E-state index is 0.164. The van der Waals surface area contributed by atoms with Crippen molar-refractivity contribution >= 4 is 17.2 Å². The van der Waals surface area contributed by atoms with Crippen LogP contribution in [-0.2, 0) is 11.3 Å². The van der Waals surface area contributed by atoms with Crippen LogP contribution in [0.15, 0.2) is 29.2 Å². The molecule has 1 saturated carbocycles. The smallest absolute Gasteiger partial charge is 0.223 e. The summed E-state index contributed by atoms with van der Waals surface area (Å²) in [6, 6.07) is 2.03. The highest BCUT2D eigenvalue weighted by atomic mass is 32.1. The van der Waals surface area contributed by atoms with Crippen LogP contribution in [0, 0.1) is 5.92 Å². The summed E-state index contributed by atoms with van der Waals surface area (Å²) < 4.78 is 0. The molecular weight excluding hydrogens is 282 g/mol. The van der Waals surface area contributed by atoms with Crippen molar-refractivity contribution in [2.45, 2.75) is 38.6 Å². The maximum Gasteiger partial charge on any atom is 0.223 e. The number of aromatic nitrogens is 2. The molecule has 0 aliphatic heterocycles. The van der Waals surface area contributed by atoms with E-state index in [9.17, 15) is 4.79 Å². The van der Waals surface area contributed by atoms with Crippen molar-refractivity contribution in [1.82, 2.24) is 15.3 Å². The fourth-order valence-electron chi connectivity index (χ4n) is 2.82. The lowest BCUT2D eigenvalue weighted by atomic mass is 9.88. The molecule has 0 atom stereocenters. The summed E-state index contributed by atoms with van der Waals surface area (Å²) in [6.07, 6.45) is 9.01. The average Bonchev–Trinajstić information content (AvgIpc) is 3.08. The second kappa shape index (κ2) is 6.80. The van der Waals surface area contributed by atoms with Crippen molar-refractivity contribution in [1.29, 1.82) is 0 Å². The van der Waals surface area contributed by atoms with Crippen molar-refractivity contribution in [3.8, 4) is 11.3 Å². The monoisotopic (exact) mass is 301 g/mol. The molecule has 2 heterocycles. The van der Waals surface area contributed by atoms with E-state index in [1.54, 1.807) is 23.7 Å². The molecule has 5 heteroatoms. The Bertz CT molecular complexity index is 591. The van der Waals surface area contributed by atoms with Crippen molar-refractivity contribution in [2.75, 3.05) is 0 Å². The van der Waals surface area contributed by atoms with Gasteiger partial charge in [0.15, 0.2) is 0 Å². The zero-order valence-electron chi connectivity index (χ0n) is 11.9. The highest BCUT2D eigenvalue weighted by Gasteiger charge is 2.21. The lowest BCUT2D eigenvalue weighted by Gasteiger charge is -2.20. The van der Waals surface area contributed by atoms with E-state index in [4.69, 9.17) is 0 Å². The van der Waals surface area contributed by atoms with E-state index in [1.165, 1.54) is 19.3 Å². The summed E-state index contributed by atoms with van der Waals surface area (Å²) in [6.45, 7) is 0.453. The first-order chi connectivity index (χ1) is 10.3. The summed E-state index contributed by atoms with van der Waals surface area (Å²) >= 11 is 1.64. The Balaban J connectivity index is 1.66. The Kier molecular flexibility index (Phi) is 4.60. The van der Waals surface area contributed by atoms with Gasteiger partial charge in [0.2, 0.25) is 5.91 Å². The minimum Gasteiger partial charge on any atom is -0.350 e. The Morgan fingerprint density at radius 1 is 1.24 bits per heavy atom. The van der Waals surface area contributed by atoms with Gasteiger partial charge in [0.1, 0.15) is 0 Å². The maximum absolute atomic E-state index is 12.2. The van der Waals surface area contributed by atoms with Crippen molar-refractivity contribution in [3.63, 3.8) is 0 Å². The first kappa shape index (κ1) is 14.2. The van der Waals surface area contributed by atoms with Gasteiger partial charge in [-0.1, -0.05) is 19.3 Å². The summed E-state index contributed by atoms with van der Waals surface area (Å²) in [5.74, 6) is 0.344. The number of carbonyl (C=O) groups excluding carboxylic acids is 1. The fraction of sp³-hybridized carbons (Fsp3) is 0.438. The summed E-state index contributed by atoms with van der Waals surface area (Å²) in [5.41, 5.74) is 2.76. The second-order valence-corrected chi connectivity index (χ2v) is 6.20. The number of hydrogen-bond acceptors (Lipinski definition) is 4. The predicted molar refractivity (Wildman–Crippen MR) is 83.8 cm³/mol. The predicted octanol–water partition coefficient (Wildman–Crippen LogP) is 3.40. The molecule has 1 N–H and O–H groups in total. The molecule has 2 aromatic heterocycles. The Morgan fingerprint density at radius 3 is 2.81 bits per heavy atom. The van der Waals surface area contributed by atoms with Crippen LogP contribution in [0.5, 0.6) is 0 Å². The first-order valence-electron chi connectivity index (χ1n) is 7.45. The van der Waals surface area contributed by atoms with Gasteiger partial charge in [-0.3, -0.25) is 14.8 Å². The third kappa shape index (κ3) is 3.47. The number of amides is 1. The maximum atomic E-state index is 12.2. The molecular formula is C16H19N3OS. The molecule has 21 heavy (non-hydrogen) atoms. The van der Waals surface area contributed by atoms with Crippen LogP contribution in [0.25, 0.3) is 11.3 Å². The topological polar surface area (TPSA) is 54.9 Å². The van der Waals surface area contributed by atoms with Gasteiger partial charge in [-0.25, -0.2) is 0 Å². The lowest BCUT2D eigenvalue weighted by Crippen LogP contribution is -2.31. The van der Waals surface area contributed by atoms with Crippen molar-refractivity contribution in [2.24, 2.45) is 5.92 Å². The minimum absolute atomic E-state index is 0.164. The Morgan fingerprint density at radius 2 is 2.05 bits per heavy atom. The van der Waals surface area contributed by atoms with E-state index < -0.39 is 0 Å². The van der Waals surface area contributed by atoms with E-state index in [1.807, 2.05) is 11.4 Å². The highest BCUT2D eigenvalue weighted by Crippen LogP contribution is 2.25. The van der Waals surface area contributed by atoms with E-state index in [0.717, 1.165) is 29.8 Å². The molecule has 4 nitrogen and oxygen atoms in total. The molecule has 0 spiro atoms.